The summed E-state index contributed by atoms with van der Waals surface area (Å²) in [7, 11) is 1.56. The van der Waals surface area contributed by atoms with Gasteiger partial charge in [0, 0.05) is 31.9 Å². The van der Waals surface area contributed by atoms with E-state index in [9.17, 15) is 4.79 Å². The number of amides is 1. The molecule has 1 heterocycles. The molecule has 0 saturated carbocycles. The van der Waals surface area contributed by atoms with Gasteiger partial charge in [-0.15, -0.1) is 0 Å². The highest BCUT2D eigenvalue weighted by Gasteiger charge is 2.18. The second-order valence-electron chi connectivity index (χ2n) is 5.74. The van der Waals surface area contributed by atoms with Gasteiger partial charge in [-0.25, -0.2) is 0 Å². The van der Waals surface area contributed by atoms with Crippen molar-refractivity contribution >= 4 is 16.8 Å². The topological polar surface area (TPSA) is 43.3 Å². The Bertz CT molecular complexity index is 796. The van der Waals surface area contributed by atoms with Crippen LogP contribution in [0, 0.1) is 0 Å². The lowest BCUT2D eigenvalue weighted by molar-refractivity contribution is -0.131. The molecule has 4 nitrogen and oxygen atoms in total. The van der Waals surface area contributed by atoms with Gasteiger partial charge in [0.1, 0.15) is 0 Å². The van der Waals surface area contributed by atoms with Crippen LogP contribution in [0.15, 0.2) is 66.9 Å². The van der Waals surface area contributed by atoms with Gasteiger partial charge >= 0.3 is 0 Å². The quantitative estimate of drug-likeness (QED) is 0.676. The molecule has 2 aromatic carbocycles. The summed E-state index contributed by atoms with van der Waals surface area (Å²) < 4.78 is 7.56. The monoisotopic (exact) mass is 322 g/mol. The number of aromatic nitrogens is 1. The minimum Gasteiger partial charge on any atom is -0.367 e. The van der Waals surface area contributed by atoms with Crippen LogP contribution in [0.2, 0.25) is 0 Å². The number of aryl methyl sites for hydroxylation is 1. The van der Waals surface area contributed by atoms with Crippen molar-refractivity contribution in [1.29, 1.82) is 0 Å². The molecule has 3 aromatic rings. The zero-order valence-electron chi connectivity index (χ0n) is 13.8. The van der Waals surface area contributed by atoms with Gasteiger partial charge in [0.15, 0.2) is 6.10 Å². The zero-order chi connectivity index (χ0) is 16.8. The molecule has 0 aliphatic heterocycles. The maximum Gasteiger partial charge on any atom is 0.253 e. The van der Waals surface area contributed by atoms with Crippen LogP contribution in [0.3, 0.4) is 0 Å². The Kier molecular flexibility index (Phi) is 5.29. The largest absolute Gasteiger partial charge is 0.367 e. The predicted octanol–water partition coefficient (Wildman–Crippen LogP) is 3.54. The van der Waals surface area contributed by atoms with E-state index in [1.54, 1.807) is 7.11 Å². The van der Waals surface area contributed by atoms with Crippen molar-refractivity contribution in [3.63, 3.8) is 0 Å². The molecular formula is C20H22N2O2. The van der Waals surface area contributed by atoms with E-state index in [2.05, 4.69) is 34.3 Å². The average molecular weight is 322 g/mol. The summed E-state index contributed by atoms with van der Waals surface area (Å²) in [6, 6.07) is 20.0. The molecule has 0 spiro atoms. The third kappa shape index (κ3) is 3.66. The lowest BCUT2D eigenvalue weighted by Crippen LogP contribution is -2.31. The third-order valence-corrected chi connectivity index (χ3v) is 4.13. The first-order valence-corrected chi connectivity index (χ1v) is 8.19. The molecule has 1 unspecified atom stereocenters. The standard InChI is InChI=1S/C20H22N2O2/c1-24-19(17-9-3-2-4-10-17)20(23)21-13-7-14-22-15-12-16-8-5-6-11-18(16)22/h2-6,8-12,15,19H,7,13-14H2,1H3,(H,21,23). The number of carbonyl (C=O) groups is 1. The smallest absolute Gasteiger partial charge is 0.253 e. The molecule has 24 heavy (non-hydrogen) atoms. The number of ether oxygens (including phenoxy) is 1. The fourth-order valence-corrected chi connectivity index (χ4v) is 2.91. The zero-order valence-corrected chi connectivity index (χ0v) is 13.8. The number of nitrogens with zero attached hydrogens (tertiary/aromatic N) is 1. The Morgan fingerprint density at radius 2 is 1.83 bits per heavy atom. The first-order valence-electron chi connectivity index (χ1n) is 8.19. The summed E-state index contributed by atoms with van der Waals surface area (Å²) in [5.74, 6) is -0.0962. The lowest BCUT2D eigenvalue weighted by Gasteiger charge is -2.15. The van der Waals surface area contributed by atoms with Crippen LogP contribution < -0.4 is 5.32 Å². The van der Waals surface area contributed by atoms with Crippen LogP contribution >= 0.6 is 0 Å². The van der Waals surface area contributed by atoms with E-state index in [-0.39, 0.29) is 5.91 Å². The molecule has 1 atom stereocenters. The third-order valence-electron chi connectivity index (χ3n) is 4.13. The summed E-state index contributed by atoms with van der Waals surface area (Å²) in [5, 5.41) is 4.21. The molecule has 4 heteroatoms. The molecule has 124 valence electrons. The summed E-state index contributed by atoms with van der Waals surface area (Å²) in [4.78, 5) is 12.3. The Labute approximate surface area is 142 Å². The normalized spacial score (nSPS) is 12.2. The van der Waals surface area contributed by atoms with Crippen molar-refractivity contribution in [1.82, 2.24) is 9.88 Å². The van der Waals surface area contributed by atoms with E-state index < -0.39 is 6.10 Å². The summed E-state index contributed by atoms with van der Waals surface area (Å²) in [6.07, 6.45) is 2.41. The Morgan fingerprint density at radius 3 is 2.62 bits per heavy atom. The molecule has 1 amide bonds. The van der Waals surface area contributed by atoms with E-state index >= 15 is 0 Å². The van der Waals surface area contributed by atoms with Crippen LogP contribution in [0.5, 0.6) is 0 Å². The SMILES string of the molecule is COC(C(=O)NCCCn1ccc2ccccc21)c1ccccc1. The van der Waals surface area contributed by atoms with Crippen LogP contribution in [0.1, 0.15) is 18.1 Å². The molecular weight excluding hydrogens is 300 g/mol. The summed E-state index contributed by atoms with van der Waals surface area (Å²) >= 11 is 0. The van der Waals surface area contributed by atoms with Gasteiger partial charge in [-0.1, -0.05) is 48.5 Å². The van der Waals surface area contributed by atoms with Crippen LogP contribution in [0.25, 0.3) is 10.9 Å². The molecule has 0 radical (unpaired) electrons. The second-order valence-corrected chi connectivity index (χ2v) is 5.74. The first kappa shape index (κ1) is 16.3. The predicted molar refractivity (Wildman–Crippen MR) is 95.8 cm³/mol. The number of rotatable bonds is 7. The Balaban J connectivity index is 1.51. The number of fused-ring (bicyclic) bond motifs is 1. The van der Waals surface area contributed by atoms with Crippen molar-refractivity contribution in [2.24, 2.45) is 0 Å². The Hall–Kier alpha value is -2.59. The highest BCUT2D eigenvalue weighted by molar-refractivity contribution is 5.82. The van der Waals surface area contributed by atoms with Crippen molar-refractivity contribution in [2.75, 3.05) is 13.7 Å². The van der Waals surface area contributed by atoms with E-state index in [0.29, 0.717) is 6.54 Å². The number of para-hydroxylation sites is 1. The van der Waals surface area contributed by atoms with E-state index in [1.807, 2.05) is 42.5 Å². The van der Waals surface area contributed by atoms with Crippen LogP contribution in [-0.2, 0) is 16.1 Å². The number of carbonyl (C=O) groups excluding carboxylic acids is 1. The van der Waals surface area contributed by atoms with Crippen molar-refractivity contribution in [2.45, 2.75) is 19.1 Å². The highest BCUT2D eigenvalue weighted by atomic mass is 16.5. The minimum atomic E-state index is -0.557. The number of benzene rings is 2. The van der Waals surface area contributed by atoms with E-state index in [4.69, 9.17) is 4.74 Å². The first-order chi connectivity index (χ1) is 11.8. The molecule has 0 aliphatic rings. The van der Waals surface area contributed by atoms with Gasteiger partial charge in [0.05, 0.1) is 0 Å². The number of hydrogen-bond donors (Lipinski definition) is 1. The molecule has 0 aliphatic carbocycles. The number of hydrogen-bond acceptors (Lipinski definition) is 2. The van der Waals surface area contributed by atoms with Gasteiger partial charge in [-0.05, 0) is 29.5 Å². The summed E-state index contributed by atoms with van der Waals surface area (Å²) in [6.45, 7) is 1.49. The second kappa shape index (κ2) is 7.79. The fraction of sp³-hybridized carbons (Fsp3) is 0.250. The van der Waals surface area contributed by atoms with Gasteiger partial charge in [-0.2, -0.15) is 0 Å². The van der Waals surface area contributed by atoms with E-state index in [0.717, 1.165) is 18.5 Å². The Morgan fingerprint density at radius 1 is 1.08 bits per heavy atom. The van der Waals surface area contributed by atoms with E-state index in [1.165, 1.54) is 10.9 Å². The molecule has 1 aromatic heterocycles. The molecule has 0 bridgehead atoms. The molecule has 1 N–H and O–H groups in total. The van der Waals surface area contributed by atoms with Gasteiger partial charge in [0.2, 0.25) is 0 Å². The van der Waals surface area contributed by atoms with Gasteiger partial charge < -0.3 is 14.6 Å². The van der Waals surface area contributed by atoms with Crippen LogP contribution in [-0.4, -0.2) is 24.1 Å². The van der Waals surface area contributed by atoms with Crippen molar-refractivity contribution in [3.05, 3.63) is 72.4 Å². The van der Waals surface area contributed by atoms with Crippen LogP contribution in [0.4, 0.5) is 0 Å². The molecule has 0 fully saturated rings. The average Bonchev–Trinajstić information content (AvgIpc) is 3.03. The highest BCUT2D eigenvalue weighted by Crippen LogP contribution is 2.17. The maximum absolute atomic E-state index is 12.3. The van der Waals surface area contributed by atoms with Gasteiger partial charge in [-0.3, -0.25) is 4.79 Å². The van der Waals surface area contributed by atoms with Crippen molar-refractivity contribution in [3.8, 4) is 0 Å². The number of nitrogens with one attached hydrogen (secondary N) is 1. The minimum absolute atomic E-state index is 0.0962. The lowest BCUT2D eigenvalue weighted by atomic mass is 10.1. The van der Waals surface area contributed by atoms with Gasteiger partial charge in [0.25, 0.3) is 5.91 Å². The fourth-order valence-electron chi connectivity index (χ4n) is 2.91. The molecule has 3 rings (SSSR count). The van der Waals surface area contributed by atoms with Crippen molar-refractivity contribution < 1.29 is 9.53 Å². The maximum atomic E-state index is 12.3. The number of methoxy groups -OCH3 is 1. The molecule has 0 saturated heterocycles. The summed E-state index contributed by atoms with van der Waals surface area (Å²) in [5.41, 5.74) is 2.09.